The van der Waals surface area contributed by atoms with E-state index >= 15 is 0 Å². The Bertz CT molecular complexity index is 828. The van der Waals surface area contributed by atoms with Crippen LogP contribution >= 0.6 is 11.6 Å². The van der Waals surface area contributed by atoms with Crippen LogP contribution in [0.15, 0.2) is 36.4 Å². The van der Waals surface area contributed by atoms with E-state index in [0.717, 1.165) is 12.0 Å². The number of hydrogen-bond donors (Lipinski definition) is 0. The van der Waals surface area contributed by atoms with E-state index in [0.29, 0.717) is 29.4 Å². The van der Waals surface area contributed by atoms with Crippen LogP contribution in [0.5, 0.6) is 5.75 Å². The maximum absolute atomic E-state index is 13.4. The van der Waals surface area contributed by atoms with Gasteiger partial charge >= 0.3 is 6.09 Å². The van der Waals surface area contributed by atoms with Gasteiger partial charge in [-0.25, -0.2) is 9.18 Å². The number of amides is 1. The summed E-state index contributed by atoms with van der Waals surface area (Å²) in [5.41, 5.74) is 2.36. The summed E-state index contributed by atoms with van der Waals surface area (Å²) in [4.78, 5) is 14.0. The molecule has 0 spiro atoms. The molecular formula is C21H23ClFNO3. The number of fused-ring (bicyclic) bond motifs is 1. The van der Waals surface area contributed by atoms with E-state index < -0.39 is 5.60 Å². The predicted molar refractivity (Wildman–Crippen MR) is 103 cm³/mol. The molecule has 1 aliphatic rings. The fourth-order valence-corrected chi connectivity index (χ4v) is 3.21. The summed E-state index contributed by atoms with van der Waals surface area (Å²) in [7, 11) is 0. The van der Waals surface area contributed by atoms with Gasteiger partial charge in [-0.05, 0) is 74.2 Å². The van der Waals surface area contributed by atoms with Gasteiger partial charge in [-0.2, -0.15) is 0 Å². The highest BCUT2D eigenvalue weighted by Crippen LogP contribution is 2.26. The van der Waals surface area contributed by atoms with Gasteiger partial charge in [0, 0.05) is 18.1 Å². The zero-order chi connectivity index (χ0) is 19.6. The number of ether oxygens (including phenoxy) is 2. The fourth-order valence-electron chi connectivity index (χ4n) is 2.97. The van der Waals surface area contributed by atoms with Crippen LogP contribution in [0.2, 0.25) is 5.02 Å². The molecule has 2 aromatic rings. The zero-order valence-corrected chi connectivity index (χ0v) is 16.5. The number of halogens is 2. The van der Waals surface area contributed by atoms with Gasteiger partial charge in [0.1, 0.15) is 23.8 Å². The second kappa shape index (κ2) is 7.77. The topological polar surface area (TPSA) is 38.8 Å². The van der Waals surface area contributed by atoms with E-state index in [-0.39, 0.29) is 18.5 Å². The Hall–Kier alpha value is -2.27. The third-order valence-electron chi connectivity index (χ3n) is 4.17. The van der Waals surface area contributed by atoms with Crippen molar-refractivity contribution >= 4 is 17.7 Å². The number of nitrogens with zero attached hydrogens (tertiary/aromatic N) is 1. The van der Waals surface area contributed by atoms with Crippen molar-refractivity contribution in [3.63, 3.8) is 0 Å². The molecule has 2 aromatic carbocycles. The van der Waals surface area contributed by atoms with Crippen molar-refractivity contribution in [2.75, 3.05) is 6.54 Å². The van der Waals surface area contributed by atoms with Gasteiger partial charge in [-0.3, -0.25) is 0 Å². The lowest BCUT2D eigenvalue weighted by Crippen LogP contribution is -2.39. The van der Waals surface area contributed by atoms with Crippen LogP contribution in [-0.2, 0) is 24.3 Å². The molecular weight excluding hydrogens is 369 g/mol. The maximum atomic E-state index is 13.4. The largest absolute Gasteiger partial charge is 0.489 e. The van der Waals surface area contributed by atoms with Gasteiger partial charge in [0.05, 0.1) is 0 Å². The zero-order valence-electron chi connectivity index (χ0n) is 15.7. The monoisotopic (exact) mass is 391 g/mol. The molecule has 0 saturated heterocycles. The Morgan fingerprint density at radius 2 is 1.96 bits per heavy atom. The average Bonchev–Trinajstić information content (AvgIpc) is 2.57. The minimum atomic E-state index is -0.519. The normalized spacial score (nSPS) is 13.9. The molecule has 144 valence electrons. The molecule has 0 saturated carbocycles. The van der Waals surface area contributed by atoms with Crippen molar-refractivity contribution in [2.45, 2.75) is 45.9 Å². The maximum Gasteiger partial charge on any atom is 0.410 e. The average molecular weight is 392 g/mol. The third kappa shape index (κ3) is 5.36. The molecule has 0 atom stereocenters. The molecule has 3 rings (SSSR count). The van der Waals surface area contributed by atoms with Crippen molar-refractivity contribution in [1.82, 2.24) is 4.90 Å². The molecule has 0 aromatic heterocycles. The van der Waals surface area contributed by atoms with Gasteiger partial charge in [-0.15, -0.1) is 0 Å². The second-order valence-corrected chi connectivity index (χ2v) is 8.09. The first-order valence-electron chi connectivity index (χ1n) is 8.87. The highest BCUT2D eigenvalue weighted by atomic mass is 35.5. The smallest absolute Gasteiger partial charge is 0.410 e. The number of rotatable bonds is 3. The van der Waals surface area contributed by atoms with Crippen molar-refractivity contribution in [3.8, 4) is 5.75 Å². The summed E-state index contributed by atoms with van der Waals surface area (Å²) in [6.07, 6.45) is 0.461. The molecule has 0 unspecified atom stereocenters. The Morgan fingerprint density at radius 1 is 1.19 bits per heavy atom. The first-order chi connectivity index (χ1) is 12.7. The van der Waals surface area contributed by atoms with Gasteiger partial charge in [0.15, 0.2) is 0 Å². The van der Waals surface area contributed by atoms with Crippen LogP contribution < -0.4 is 4.74 Å². The van der Waals surface area contributed by atoms with E-state index in [9.17, 15) is 9.18 Å². The molecule has 6 heteroatoms. The van der Waals surface area contributed by atoms with Crippen molar-refractivity contribution in [2.24, 2.45) is 0 Å². The lowest BCUT2D eigenvalue weighted by atomic mass is 10.00. The Morgan fingerprint density at radius 3 is 2.67 bits per heavy atom. The molecule has 4 nitrogen and oxygen atoms in total. The van der Waals surface area contributed by atoms with Gasteiger partial charge < -0.3 is 14.4 Å². The SMILES string of the molecule is CC(C)(C)OC(=O)N1CCc2ccc(OCc3cc(F)cc(Cl)c3)cc2C1. The summed E-state index contributed by atoms with van der Waals surface area (Å²) in [5, 5.41) is 0.340. The summed E-state index contributed by atoms with van der Waals surface area (Å²) in [6, 6.07) is 10.2. The van der Waals surface area contributed by atoms with E-state index in [1.54, 1.807) is 11.0 Å². The summed E-state index contributed by atoms with van der Waals surface area (Å²) >= 11 is 5.87. The second-order valence-electron chi connectivity index (χ2n) is 7.65. The summed E-state index contributed by atoms with van der Waals surface area (Å²) in [5.74, 6) is 0.278. The molecule has 1 amide bonds. The quantitative estimate of drug-likeness (QED) is 0.707. The van der Waals surface area contributed by atoms with Crippen molar-refractivity contribution in [3.05, 3.63) is 63.9 Å². The first-order valence-corrected chi connectivity index (χ1v) is 9.25. The highest BCUT2D eigenvalue weighted by molar-refractivity contribution is 6.30. The number of carbonyl (C=O) groups is 1. The lowest BCUT2D eigenvalue weighted by molar-refractivity contribution is 0.0223. The van der Waals surface area contributed by atoms with E-state index in [2.05, 4.69) is 0 Å². The molecule has 1 aliphatic heterocycles. The first kappa shape index (κ1) is 19.5. The number of hydrogen-bond acceptors (Lipinski definition) is 3. The van der Waals surface area contributed by atoms with Crippen LogP contribution in [0.3, 0.4) is 0 Å². The van der Waals surface area contributed by atoms with Crippen molar-refractivity contribution in [1.29, 1.82) is 0 Å². The molecule has 27 heavy (non-hydrogen) atoms. The highest BCUT2D eigenvalue weighted by Gasteiger charge is 2.25. The molecule has 0 N–H and O–H groups in total. The van der Waals surface area contributed by atoms with E-state index in [4.69, 9.17) is 21.1 Å². The van der Waals surface area contributed by atoms with Gasteiger partial charge in [0.2, 0.25) is 0 Å². The molecule has 0 aliphatic carbocycles. The Balaban J connectivity index is 1.67. The van der Waals surface area contributed by atoms with Crippen LogP contribution in [-0.4, -0.2) is 23.1 Å². The Labute approximate surface area is 163 Å². The Kier molecular flexibility index (Phi) is 5.61. The summed E-state index contributed by atoms with van der Waals surface area (Å²) in [6.45, 7) is 6.89. The molecule has 0 fully saturated rings. The van der Waals surface area contributed by atoms with Crippen LogP contribution in [0.25, 0.3) is 0 Å². The van der Waals surface area contributed by atoms with Gasteiger partial charge in [-0.1, -0.05) is 17.7 Å². The van der Waals surface area contributed by atoms with Gasteiger partial charge in [0.25, 0.3) is 0 Å². The third-order valence-corrected chi connectivity index (χ3v) is 4.39. The molecule has 0 radical (unpaired) electrons. The predicted octanol–water partition coefficient (Wildman–Crippen LogP) is 5.35. The lowest BCUT2D eigenvalue weighted by Gasteiger charge is -2.31. The van der Waals surface area contributed by atoms with Crippen LogP contribution in [0.4, 0.5) is 9.18 Å². The van der Waals surface area contributed by atoms with Crippen molar-refractivity contribution < 1.29 is 18.7 Å². The number of benzene rings is 2. The number of carbonyl (C=O) groups excluding carboxylic acids is 1. The molecule has 0 bridgehead atoms. The summed E-state index contributed by atoms with van der Waals surface area (Å²) < 4.78 is 24.7. The van der Waals surface area contributed by atoms with E-state index in [1.165, 1.54) is 17.7 Å². The van der Waals surface area contributed by atoms with Crippen LogP contribution in [0, 0.1) is 5.82 Å². The fraction of sp³-hybridized carbons (Fsp3) is 0.381. The van der Waals surface area contributed by atoms with Crippen LogP contribution in [0.1, 0.15) is 37.5 Å². The standard InChI is InChI=1S/C21H23ClFNO3/c1-21(2,3)27-20(25)24-7-6-15-4-5-19(10-16(15)12-24)26-13-14-8-17(22)11-18(23)9-14/h4-5,8-11H,6-7,12-13H2,1-3H3. The van der Waals surface area contributed by atoms with E-state index in [1.807, 2.05) is 39.0 Å². The minimum Gasteiger partial charge on any atom is -0.489 e. The molecule has 1 heterocycles. The minimum absolute atomic E-state index is 0.214.